The zero-order valence-electron chi connectivity index (χ0n) is 14.8. The van der Waals surface area contributed by atoms with Crippen LogP contribution in [0.4, 0.5) is 13.2 Å². The van der Waals surface area contributed by atoms with Crippen molar-refractivity contribution < 1.29 is 22.2 Å². The van der Waals surface area contributed by atoms with Gasteiger partial charge in [-0.3, -0.25) is 4.78 Å². The van der Waals surface area contributed by atoms with Crippen LogP contribution in [0.15, 0.2) is 29.7 Å². The second-order valence-corrected chi connectivity index (χ2v) is 9.54. The number of nitrogens with one attached hydrogen (secondary N) is 1. The summed E-state index contributed by atoms with van der Waals surface area (Å²) in [6.07, 6.45) is 2.48. The van der Waals surface area contributed by atoms with Gasteiger partial charge in [-0.15, -0.1) is 5.10 Å². The Kier molecular flexibility index (Phi) is 4.64. The van der Waals surface area contributed by atoms with Crippen molar-refractivity contribution in [1.29, 1.82) is 4.78 Å². The van der Waals surface area contributed by atoms with Crippen LogP contribution in [0.3, 0.4) is 0 Å². The first kappa shape index (κ1) is 18.9. The van der Waals surface area contributed by atoms with Gasteiger partial charge in [0.2, 0.25) is 0 Å². The number of aromatic nitrogens is 3. The van der Waals surface area contributed by atoms with Gasteiger partial charge in [-0.1, -0.05) is 10.4 Å². The number of halogens is 3. The van der Waals surface area contributed by atoms with Crippen LogP contribution in [0.2, 0.25) is 0 Å². The number of alkyl halides is 1. The molecule has 11 heteroatoms. The van der Waals surface area contributed by atoms with Crippen LogP contribution >= 0.6 is 0 Å². The molecule has 3 heterocycles. The fraction of sp³-hybridized carbons (Fsp3) is 0.471. The van der Waals surface area contributed by atoms with E-state index in [9.17, 15) is 13.0 Å². The fourth-order valence-electron chi connectivity index (χ4n) is 3.53. The second kappa shape index (κ2) is 6.87. The first-order chi connectivity index (χ1) is 13.3. The smallest absolute Gasteiger partial charge is 0.152 e. The number of rotatable bonds is 4. The van der Waals surface area contributed by atoms with Gasteiger partial charge in [0.15, 0.2) is 6.10 Å². The summed E-state index contributed by atoms with van der Waals surface area (Å²) in [5.41, 5.74) is -2.38. The Balaban J connectivity index is 1.53. The van der Waals surface area contributed by atoms with Gasteiger partial charge in [0.25, 0.3) is 0 Å². The average molecular weight is 413 g/mol. The van der Waals surface area contributed by atoms with Crippen LogP contribution in [-0.4, -0.2) is 42.5 Å². The molecule has 1 atom stereocenters. The topological polar surface area (TPSA) is 93.2 Å². The van der Waals surface area contributed by atoms with E-state index in [1.807, 2.05) is 0 Å². The predicted octanol–water partition coefficient (Wildman–Crippen LogP) is 2.75. The zero-order chi connectivity index (χ0) is 19.9. The molecule has 1 saturated heterocycles. The largest absolute Gasteiger partial charge is 0.390 e. The van der Waals surface area contributed by atoms with Crippen molar-refractivity contribution in [1.82, 2.24) is 15.0 Å². The molecule has 0 radical (unpaired) electrons. The minimum absolute atomic E-state index is 0.184. The van der Waals surface area contributed by atoms with Gasteiger partial charge < -0.3 is 4.84 Å². The van der Waals surface area contributed by atoms with Crippen LogP contribution < -0.4 is 0 Å². The van der Waals surface area contributed by atoms with Gasteiger partial charge in [-0.05, 0) is 25.0 Å². The van der Waals surface area contributed by atoms with E-state index < -0.39 is 32.6 Å². The Labute approximate surface area is 159 Å². The fourth-order valence-corrected chi connectivity index (χ4v) is 5.04. The summed E-state index contributed by atoms with van der Waals surface area (Å²) in [6, 6.07) is 2.10. The standard InChI is InChI=1S/C17H18F3N5O2S/c18-13-7-11(15-9-12(27-23-15)10-25-4-3-22-24-25)8-14(19)16(13)17(20)1-5-28(21,26)6-2-17/h3-4,7-8,12,21H,1-2,5-6,9-10H2/t12-,17?,28?/m1/s1. The normalized spacial score (nSPS) is 30.1. The number of hydrogen-bond acceptors (Lipinski definition) is 6. The number of hydrogen-bond donors (Lipinski definition) is 1. The van der Waals surface area contributed by atoms with Crippen LogP contribution in [0.1, 0.15) is 30.4 Å². The molecule has 2 aromatic rings. The van der Waals surface area contributed by atoms with Crippen LogP contribution in [0.25, 0.3) is 0 Å². The average Bonchev–Trinajstić information content (AvgIpc) is 3.30. The lowest BCUT2D eigenvalue weighted by Crippen LogP contribution is -2.34. The number of oxime groups is 1. The third kappa shape index (κ3) is 3.62. The summed E-state index contributed by atoms with van der Waals surface area (Å²) in [4.78, 5) is 5.29. The van der Waals surface area contributed by atoms with Crippen molar-refractivity contribution >= 4 is 15.4 Å². The van der Waals surface area contributed by atoms with Gasteiger partial charge >= 0.3 is 0 Å². The monoisotopic (exact) mass is 413 g/mol. The van der Waals surface area contributed by atoms with Gasteiger partial charge in [-0.25, -0.2) is 22.1 Å². The first-order valence-electron chi connectivity index (χ1n) is 8.75. The quantitative estimate of drug-likeness (QED) is 0.834. The molecule has 0 unspecified atom stereocenters. The van der Waals surface area contributed by atoms with Gasteiger partial charge in [0.1, 0.15) is 17.3 Å². The van der Waals surface area contributed by atoms with E-state index >= 15 is 4.39 Å². The van der Waals surface area contributed by atoms with E-state index in [4.69, 9.17) is 9.62 Å². The highest BCUT2D eigenvalue weighted by atomic mass is 32.2. The highest BCUT2D eigenvalue weighted by Crippen LogP contribution is 2.41. The van der Waals surface area contributed by atoms with E-state index in [-0.39, 0.29) is 36.0 Å². The minimum atomic E-state index is -2.87. The van der Waals surface area contributed by atoms with E-state index in [2.05, 4.69) is 15.5 Å². The molecular weight excluding hydrogens is 395 g/mol. The molecule has 28 heavy (non-hydrogen) atoms. The maximum absolute atomic E-state index is 15.2. The van der Waals surface area contributed by atoms with Crippen LogP contribution in [0.5, 0.6) is 0 Å². The third-order valence-corrected chi connectivity index (χ3v) is 6.80. The van der Waals surface area contributed by atoms with E-state index in [1.165, 1.54) is 6.20 Å². The number of benzene rings is 1. The Morgan fingerprint density at radius 1 is 1.29 bits per heavy atom. The van der Waals surface area contributed by atoms with Crippen molar-refractivity contribution in [2.75, 3.05) is 11.5 Å². The van der Waals surface area contributed by atoms with Crippen molar-refractivity contribution in [2.24, 2.45) is 5.16 Å². The summed E-state index contributed by atoms with van der Waals surface area (Å²) in [5, 5.41) is 11.4. The number of nitrogens with zero attached hydrogens (tertiary/aromatic N) is 4. The third-order valence-electron chi connectivity index (χ3n) is 5.08. The predicted molar refractivity (Wildman–Crippen MR) is 95.0 cm³/mol. The highest BCUT2D eigenvalue weighted by Gasteiger charge is 2.42. The Morgan fingerprint density at radius 2 is 1.96 bits per heavy atom. The van der Waals surface area contributed by atoms with E-state index in [0.29, 0.717) is 18.7 Å². The summed E-state index contributed by atoms with van der Waals surface area (Å²) in [5.74, 6) is -2.46. The lowest BCUT2D eigenvalue weighted by Gasteiger charge is -2.31. The second-order valence-electron chi connectivity index (χ2n) is 7.09. The molecule has 1 aromatic heterocycles. The minimum Gasteiger partial charge on any atom is -0.390 e. The molecule has 0 amide bonds. The molecular formula is C17H18F3N5O2S. The Hall–Kier alpha value is -2.43. The summed E-state index contributed by atoms with van der Waals surface area (Å²) >= 11 is 0. The van der Waals surface area contributed by atoms with Gasteiger partial charge in [0, 0.05) is 39.4 Å². The van der Waals surface area contributed by atoms with Crippen molar-refractivity contribution in [2.45, 2.75) is 37.6 Å². The maximum atomic E-state index is 15.2. The molecule has 4 rings (SSSR count). The van der Waals surface area contributed by atoms with E-state index in [1.54, 1.807) is 10.9 Å². The van der Waals surface area contributed by atoms with E-state index in [0.717, 1.165) is 12.1 Å². The summed E-state index contributed by atoms with van der Waals surface area (Å²) < 4.78 is 65.4. The molecule has 0 bridgehead atoms. The molecule has 7 nitrogen and oxygen atoms in total. The SMILES string of the molecule is N=S1(=O)CCC(F)(c2c(F)cc(C3=NO[C@@H](Cn4ccnn4)C3)cc2F)CC1. The molecule has 1 aromatic carbocycles. The Morgan fingerprint density at radius 3 is 2.57 bits per heavy atom. The molecule has 2 aliphatic heterocycles. The van der Waals surface area contributed by atoms with Gasteiger partial charge in [-0.2, -0.15) is 0 Å². The molecule has 0 spiro atoms. The zero-order valence-corrected chi connectivity index (χ0v) is 15.6. The molecule has 150 valence electrons. The maximum Gasteiger partial charge on any atom is 0.152 e. The van der Waals surface area contributed by atoms with Gasteiger partial charge in [0.05, 0.1) is 24.0 Å². The van der Waals surface area contributed by atoms with Crippen molar-refractivity contribution in [3.05, 3.63) is 47.3 Å². The van der Waals surface area contributed by atoms with Crippen molar-refractivity contribution in [3.8, 4) is 0 Å². The molecule has 0 aliphatic carbocycles. The van der Waals surface area contributed by atoms with Crippen LogP contribution in [0, 0.1) is 16.4 Å². The lowest BCUT2D eigenvalue weighted by molar-refractivity contribution is 0.0693. The lowest BCUT2D eigenvalue weighted by atomic mass is 9.87. The Bertz CT molecular complexity index is 986. The molecule has 1 N–H and O–H groups in total. The molecule has 0 saturated carbocycles. The molecule has 1 fully saturated rings. The molecule has 2 aliphatic rings. The summed E-state index contributed by atoms with van der Waals surface area (Å²) in [6.45, 7) is 0.385. The highest BCUT2D eigenvalue weighted by molar-refractivity contribution is 7.92. The first-order valence-corrected chi connectivity index (χ1v) is 10.7. The van der Waals surface area contributed by atoms with Crippen molar-refractivity contribution in [3.63, 3.8) is 0 Å². The summed E-state index contributed by atoms with van der Waals surface area (Å²) in [7, 11) is -2.87. The van der Waals surface area contributed by atoms with Crippen LogP contribution in [-0.2, 0) is 26.8 Å².